The summed E-state index contributed by atoms with van der Waals surface area (Å²) < 4.78 is 18.7. The van der Waals surface area contributed by atoms with Gasteiger partial charge in [0.25, 0.3) is 0 Å². The van der Waals surface area contributed by atoms with Gasteiger partial charge in [0, 0.05) is 17.1 Å². The molecular weight excluding hydrogens is 269 g/mol. The first kappa shape index (κ1) is 13.5. The topological polar surface area (TPSA) is 47.0 Å². The van der Waals surface area contributed by atoms with E-state index in [0.29, 0.717) is 34.4 Å². The molecule has 0 saturated heterocycles. The van der Waals surface area contributed by atoms with Gasteiger partial charge >= 0.3 is 0 Å². The predicted octanol–water partition coefficient (Wildman–Crippen LogP) is 3.38. The number of halogens is 2. The van der Waals surface area contributed by atoms with Crippen LogP contribution in [0.4, 0.5) is 10.2 Å². The van der Waals surface area contributed by atoms with Gasteiger partial charge in [-0.2, -0.15) is 0 Å². The maximum atomic E-state index is 13.4. The summed E-state index contributed by atoms with van der Waals surface area (Å²) >= 11 is 5.86. The van der Waals surface area contributed by atoms with Crippen LogP contribution in [-0.4, -0.2) is 23.6 Å². The van der Waals surface area contributed by atoms with Crippen LogP contribution in [-0.2, 0) is 0 Å². The van der Waals surface area contributed by atoms with Gasteiger partial charge in [-0.05, 0) is 25.1 Å². The molecule has 0 unspecified atom stereocenters. The predicted molar refractivity (Wildman–Crippen MR) is 73.2 cm³/mol. The smallest absolute Gasteiger partial charge is 0.187 e. The van der Waals surface area contributed by atoms with Crippen molar-refractivity contribution in [3.63, 3.8) is 0 Å². The maximum Gasteiger partial charge on any atom is 0.187 e. The number of aromatic nitrogens is 2. The van der Waals surface area contributed by atoms with Crippen LogP contribution in [0.15, 0.2) is 24.5 Å². The molecule has 2 aromatic rings. The van der Waals surface area contributed by atoms with Gasteiger partial charge in [-0.3, -0.25) is 0 Å². The fourth-order valence-electron chi connectivity index (χ4n) is 1.76. The fraction of sp³-hybridized carbons (Fsp3) is 0.231. The van der Waals surface area contributed by atoms with Gasteiger partial charge in [-0.25, -0.2) is 14.4 Å². The first-order chi connectivity index (χ1) is 9.15. The lowest BCUT2D eigenvalue weighted by molar-refractivity contribution is 0.414. The summed E-state index contributed by atoms with van der Waals surface area (Å²) in [6.07, 6.45) is 1.40. The summed E-state index contributed by atoms with van der Waals surface area (Å²) in [7, 11) is 1.52. The Kier molecular flexibility index (Phi) is 4.16. The molecule has 2 rings (SSSR count). The molecule has 19 heavy (non-hydrogen) atoms. The van der Waals surface area contributed by atoms with Gasteiger partial charge in [0.05, 0.1) is 7.11 Å². The molecule has 0 saturated carbocycles. The van der Waals surface area contributed by atoms with E-state index in [0.717, 1.165) is 0 Å². The zero-order valence-electron chi connectivity index (χ0n) is 10.6. The quantitative estimate of drug-likeness (QED) is 0.933. The van der Waals surface area contributed by atoms with Crippen molar-refractivity contribution < 1.29 is 9.13 Å². The third kappa shape index (κ3) is 2.93. The largest absolute Gasteiger partial charge is 0.491 e. The van der Waals surface area contributed by atoms with Crippen molar-refractivity contribution in [2.45, 2.75) is 6.92 Å². The minimum Gasteiger partial charge on any atom is -0.491 e. The van der Waals surface area contributed by atoms with Crippen LogP contribution in [0.1, 0.15) is 6.92 Å². The summed E-state index contributed by atoms with van der Waals surface area (Å²) in [5.41, 5.74) is 1.04. The van der Waals surface area contributed by atoms with Crippen molar-refractivity contribution >= 4 is 17.4 Å². The molecule has 1 aromatic heterocycles. The Morgan fingerprint density at radius 1 is 1.32 bits per heavy atom. The first-order valence-electron chi connectivity index (χ1n) is 5.75. The van der Waals surface area contributed by atoms with Crippen molar-refractivity contribution in [1.82, 2.24) is 9.97 Å². The lowest BCUT2D eigenvalue weighted by atomic mass is 10.1. The van der Waals surface area contributed by atoms with Crippen molar-refractivity contribution in [3.8, 4) is 17.0 Å². The highest BCUT2D eigenvalue weighted by molar-refractivity contribution is 6.30. The van der Waals surface area contributed by atoms with E-state index in [1.807, 2.05) is 6.92 Å². The molecule has 4 nitrogen and oxygen atoms in total. The molecular formula is C13H13ClFN3O. The Morgan fingerprint density at radius 3 is 2.74 bits per heavy atom. The van der Waals surface area contributed by atoms with E-state index in [4.69, 9.17) is 16.3 Å². The zero-order valence-corrected chi connectivity index (χ0v) is 11.3. The number of nitrogens with zero attached hydrogens (tertiary/aromatic N) is 2. The standard InChI is InChI=1S/C13H13ClFN3O/c1-3-16-13-12(19-2)11(17-7-18-13)8-4-9(14)6-10(15)5-8/h4-7H,3H2,1-2H3,(H,16,17,18). The number of nitrogens with one attached hydrogen (secondary N) is 1. The summed E-state index contributed by atoms with van der Waals surface area (Å²) in [6, 6.07) is 4.22. The summed E-state index contributed by atoms with van der Waals surface area (Å²) in [6.45, 7) is 2.64. The van der Waals surface area contributed by atoms with Crippen LogP contribution in [0, 0.1) is 5.82 Å². The molecule has 1 N–H and O–H groups in total. The summed E-state index contributed by atoms with van der Waals surface area (Å²) in [5, 5.41) is 3.37. The van der Waals surface area contributed by atoms with Gasteiger partial charge in [0.1, 0.15) is 17.8 Å². The normalized spacial score (nSPS) is 10.3. The Labute approximate surface area is 115 Å². The maximum absolute atomic E-state index is 13.4. The molecule has 1 aromatic carbocycles. The molecule has 0 atom stereocenters. The second-order valence-electron chi connectivity index (χ2n) is 3.79. The molecule has 1 heterocycles. The molecule has 0 aliphatic rings. The molecule has 0 spiro atoms. The number of hydrogen-bond acceptors (Lipinski definition) is 4. The SMILES string of the molecule is CCNc1ncnc(-c2cc(F)cc(Cl)c2)c1OC. The van der Waals surface area contributed by atoms with E-state index in [9.17, 15) is 4.39 Å². The highest BCUT2D eigenvalue weighted by Crippen LogP contribution is 2.34. The van der Waals surface area contributed by atoms with Gasteiger partial charge < -0.3 is 10.1 Å². The second kappa shape index (κ2) is 5.84. The first-order valence-corrected chi connectivity index (χ1v) is 6.12. The minimum atomic E-state index is -0.423. The van der Waals surface area contributed by atoms with E-state index < -0.39 is 5.82 Å². The van der Waals surface area contributed by atoms with Crippen LogP contribution in [0.3, 0.4) is 0 Å². The van der Waals surface area contributed by atoms with Gasteiger partial charge in [0.2, 0.25) is 0 Å². The van der Waals surface area contributed by atoms with Crippen LogP contribution in [0.5, 0.6) is 5.75 Å². The van der Waals surface area contributed by atoms with E-state index in [2.05, 4.69) is 15.3 Å². The Morgan fingerprint density at radius 2 is 2.11 bits per heavy atom. The van der Waals surface area contributed by atoms with E-state index in [1.165, 1.54) is 25.6 Å². The van der Waals surface area contributed by atoms with E-state index in [-0.39, 0.29) is 0 Å². The highest BCUT2D eigenvalue weighted by atomic mass is 35.5. The summed E-state index contributed by atoms with van der Waals surface area (Å²) in [4.78, 5) is 8.24. The zero-order chi connectivity index (χ0) is 13.8. The van der Waals surface area contributed by atoms with E-state index >= 15 is 0 Å². The lowest BCUT2D eigenvalue weighted by Crippen LogP contribution is -2.04. The number of ether oxygens (including phenoxy) is 1. The Bertz CT molecular complexity index is 572. The third-order valence-electron chi connectivity index (χ3n) is 2.49. The third-order valence-corrected chi connectivity index (χ3v) is 2.71. The number of anilines is 1. The number of hydrogen-bond donors (Lipinski definition) is 1. The highest BCUT2D eigenvalue weighted by Gasteiger charge is 2.14. The number of benzene rings is 1. The molecule has 0 radical (unpaired) electrons. The van der Waals surface area contributed by atoms with Crippen LogP contribution in [0.2, 0.25) is 5.02 Å². The monoisotopic (exact) mass is 281 g/mol. The van der Waals surface area contributed by atoms with Crippen molar-refractivity contribution in [2.75, 3.05) is 19.0 Å². The van der Waals surface area contributed by atoms with Gasteiger partial charge in [-0.15, -0.1) is 0 Å². The molecule has 0 fully saturated rings. The molecule has 0 aliphatic carbocycles. The van der Waals surface area contributed by atoms with E-state index in [1.54, 1.807) is 6.07 Å². The average molecular weight is 282 g/mol. The number of rotatable bonds is 4. The van der Waals surface area contributed by atoms with Gasteiger partial charge in [0.15, 0.2) is 11.6 Å². The summed E-state index contributed by atoms with van der Waals surface area (Å²) in [5.74, 6) is 0.606. The lowest BCUT2D eigenvalue weighted by Gasteiger charge is -2.12. The average Bonchev–Trinajstić information content (AvgIpc) is 2.37. The molecule has 100 valence electrons. The van der Waals surface area contributed by atoms with Crippen LogP contribution >= 0.6 is 11.6 Å². The van der Waals surface area contributed by atoms with Crippen molar-refractivity contribution in [3.05, 3.63) is 35.4 Å². The minimum absolute atomic E-state index is 0.306. The number of methoxy groups -OCH3 is 1. The fourth-order valence-corrected chi connectivity index (χ4v) is 1.98. The van der Waals surface area contributed by atoms with Crippen molar-refractivity contribution in [2.24, 2.45) is 0 Å². The molecule has 0 bridgehead atoms. The van der Waals surface area contributed by atoms with Crippen LogP contribution < -0.4 is 10.1 Å². The second-order valence-corrected chi connectivity index (χ2v) is 4.23. The van der Waals surface area contributed by atoms with Crippen molar-refractivity contribution in [1.29, 1.82) is 0 Å². The molecule has 6 heteroatoms. The Balaban J connectivity index is 2.57. The molecule has 0 amide bonds. The van der Waals surface area contributed by atoms with Gasteiger partial charge in [-0.1, -0.05) is 11.6 Å². The Hall–Kier alpha value is -1.88. The van der Waals surface area contributed by atoms with Crippen LogP contribution in [0.25, 0.3) is 11.3 Å². The molecule has 0 aliphatic heterocycles.